The van der Waals surface area contributed by atoms with Crippen LogP contribution in [0.5, 0.6) is 0 Å². The predicted octanol–water partition coefficient (Wildman–Crippen LogP) is 4.55. The number of carbonyl (C=O) groups is 1. The van der Waals surface area contributed by atoms with Crippen molar-refractivity contribution in [2.24, 2.45) is 0 Å². The molecule has 0 bridgehead atoms. The van der Waals surface area contributed by atoms with Crippen molar-refractivity contribution in [1.82, 2.24) is 15.5 Å². The third-order valence-corrected chi connectivity index (χ3v) is 4.95. The number of nitrogens with zero attached hydrogens (tertiary/aromatic N) is 2. The van der Waals surface area contributed by atoms with E-state index in [1.54, 1.807) is 6.07 Å². The number of aryl methyl sites for hydroxylation is 1. The monoisotopic (exact) mass is 361 g/mol. The van der Waals surface area contributed by atoms with Crippen LogP contribution in [0.15, 0.2) is 28.8 Å². The highest BCUT2D eigenvalue weighted by Gasteiger charge is 2.16. The summed E-state index contributed by atoms with van der Waals surface area (Å²) < 4.78 is 5.25. The molecule has 0 spiro atoms. The standard InChI is InChI=1S/C19H24ClN3O2/c20-16-11-7-6-10-15(16)19-22-18(25-23-19)13-12-17(24)21-14-8-4-2-1-3-5-9-14/h6-7,10-11,14H,1-5,8-9,12-13H2,(H,21,24). The number of amides is 1. The molecular formula is C19H24ClN3O2. The van der Waals surface area contributed by atoms with Crippen LogP contribution in [-0.2, 0) is 11.2 Å². The van der Waals surface area contributed by atoms with Gasteiger partial charge in [0.25, 0.3) is 0 Å². The average molecular weight is 362 g/mol. The van der Waals surface area contributed by atoms with Crippen molar-refractivity contribution in [3.63, 3.8) is 0 Å². The van der Waals surface area contributed by atoms with Gasteiger partial charge in [0.1, 0.15) is 0 Å². The molecule has 134 valence electrons. The van der Waals surface area contributed by atoms with Crippen LogP contribution in [0.1, 0.15) is 57.3 Å². The van der Waals surface area contributed by atoms with Gasteiger partial charge in [-0.25, -0.2) is 0 Å². The molecule has 5 nitrogen and oxygen atoms in total. The first-order valence-corrected chi connectivity index (χ1v) is 9.47. The summed E-state index contributed by atoms with van der Waals surface area (Å²) in [5.74, 6) is 0.979. The number of rotatable bonds is 5. The van der Waals surface area contributed by atoms with Crippen molar-refractivity contribution in [3.05, 3.63) is 35.2 Å². The number of aromatic nitrogens is 2. The van der Waals surface area contributed by atoms with Gasteiger partial charge in [0.05, 0.1) is 5.02 Å². The molecule has 1 N–H and O–H groups in total. The van der Waals surface area contributed by atoms with Gasteiger partial charge in [-0.1, -0.05) is 61.0 Å². The summed E-state index contributed by atoms with van der Waals surface area (Å²) >= 11 is 6.14. The molecule has 6 heteroatoms. The summed E-state index contributed by atoms with van der Waals surface area (Å²) in [4.78, 5) is 16.5. The summed E-state index contributed by atoms with van der Waals surface area (Å²) in [5, 5.41) is 7.70. The molecule has 3 rings (SSSR count). The van der Waals surface area contributed by atoms with Gasteiger partial charge < -0.3 is 9.84 Å². The Balaban J connectivity index is 1.50. The molecular weight excluding hydrogens is 338 g/mol. The van der Waals surface area contributed by atoms with Crippen molar-refractivity contribution >= 4 is 17.5 Å². The van der Waals surface area contributed by atoms with E-state index in [2.05, 4.69) is 15.5 Å². The molecule has 1 aromatic heterocycles. The van der Waals surface area contributed by atoms with Crippen molar-refractivity contribution in [2.45, 2.75) is 63.8 Å². The minimum Gasteiger partial charge on any atom is -0.353 e. The van der Waals surface area contributed by atoms with Crippen LogP contribution in [-0.4, -0.2) is 22.1 Å². The molecule has 0 aliphatic heterocycles. The topological polar surface area (TPSA) is 68.0 Å². The lowest BCUT2D eigenvalue weighted by atomic mass is 9.96. The van der Waals surface area contributed by atoms with E-state index in [0.717, 1.165) is 18.4 Å². The van der Waals surface area contributed by atoms with Crippen molar-refractivity contribution in [3.8, 4) is 11.4 Å². The van der Waals surface area contributed by atoms with Gasteiger partial charge in [-0.05, 0) is 25.0 Å². The normalized spacial score (nSPS) is 16.2. The van der Waals surface area contributed by atoms with Gasteiger partial charge in [0, 0.05) is 24.4 Å². The van der Waals surface area contributed by atoms with E-state index >= 15 is 0 Å². The van der Waals surface area contributed by atoms with Crippen LogP contribution in [0.2, 0.25) is 5.02 Å². The van der Waals surface area contributed by atoms with E-state index in [9.17, 15) is 4.79 Å². The second-order valence-electron chi connectivity index (χ2n) is 6.60. The van der Waals surface area contributed by atoms with Crippen LogP contribution >= 0.6 is 11.6 Å². The molecule has 0 radical (unpaired) electrons. The first-order chi connectivity index (χ1) is 12.2. The fourth-order valence-electron chi connectivity index (χ4n) is 3.23. The molecule has 25 heavy (non-hydrogen) atoms. The van der Waals surface area contributed by atoms with Crippen LogP contribution in [0.25, 0.3) is 11.4 Å². The quantitative estimate of drug-likeness (QED) is 0.848. The number of nitrogens with one attached hydrogen (secondary N) is 1. The van der Waals surface area contributed by atoms with Crippen LogP contribution < -0.4 is 5.32 Å². The highest BCUT2D eigenvalue weighted by Crippen LogP contribution is 2.25. The molecule has 2 aromatic rings. The highest BCUT2D eigenvalue weighted by molar-refractivity contribution is 6.33. The Kier molecular flexibility index (Phi) is 6.45. The van der Waals surface area contributed by atoms with Gasteiger partial charge in [-0.3, -0.25) is 4.79 Å². The van der Waals surface area contributed by atoms with Crippen LogP contribution in [0.3, 0.4) is 0 Å². The lowest BCUT2D eigenvalue weighted by Crippen LogP contribution is -2.35. The Hall–Kier alpha value is -1.88. The molecule has 0 unspecified atom stereocenters. The van der Waals surface area contributed by atoms with Gasteiger partial charge in [-0.15, -0.1) is 0 Å². The number of halogens is 1. The summed E-state index contributed by atoms with van der Waals surface area (Å²) in [6.07, 6.45) is 9.26. The Labute approximate surface area is 153 Å². The predicted molar refractivity (Wildman–Crippen MR) is 97.3 cm³/mol. The van der Waals surface area contributed by atoms with Crippen molar-refractivity contribution in [2.75, 3.05) is 0 Å². The van der Waals surface area contributed by atoms with Crippen molar-refractivity contribution in [1.29, 1.82) is 0 Å². The third-order valence-electron chi connectivity index (χ3n) is 4.62. The third kappa shape index (κ3) is 5.30. The lowest BCUT2D eigenvalue weighted by Gasteiger charge is -2.20. The molecule has 1 aromatic carbocycles. The fourth-order valence-corrected chi connectivity index (χ4v) is 3.45. The minimum atomic E-state index is 0.0584. The van der Waals surface area contributed by atoms with Crippen LogP contribution in [0, 0.1) is 0 Å². The van der Waals surface area contributed by atoms with Gasteiger partial charge in [-0.2, -0.15) is 4.98 Å². The molecule has 1 fully saturated rings. The average Bonchev–Trinajstić information content (AvgIpc) is 3.04. The maximum Gasteiger partial charge on any atom is 0.227 e. The smallest absolute Gasteiger partial charge is 0.227 e. The number of benzene rings is 1. The first-order valence-electron chi connectivity index (χ1n) is 9.09. The maximum absolute atomic E-state index is 12.2. The lowest BCUT2D eigenvalue weighted by molar-refractivity contribution is -0.122. The summed E-state index contributed by atoms with van der Waals surface area (Å²) in [7, 11) is 0. The largest absolute Gasteiger partial charge is 0.353 e. The Bertz CT molecular complexity index is 693. The number of hydrogen-bond donors (Lipinski definition) is 1. The Morgan fingerprint density at radius 1 is 1.16 bits per heavy atom. The Morgan fingerprint density at radius 2 is 1.88 bits per heavy atom. The number of carbonyl (C=O) groups excluding carboxylic acids is 1. The summed E-state index contributed by atoms with van der Waals surface area (Å²) in [6, 6.07) is 7.68. The molecule has 0 saturated heterocycles. The van der Waals surface area contributed by atoms with Gasteiger partial charge in [0.15, 0.2) is 0 Å². The molecule has 1 amide bonds. The van der Waals surface area contributed by atoms with Gasteiger partial charge >= 0.3 is 0 Å². The molecule has 1 aliphatic carbocycles. The second-order valence-corrected chi connectivity index (χ2v) is 7.01. The maximum atomic E-state index is 12.2. The minimum absolute atomic E-state index is 0.0584. The van der Waals surface area contributed by atoms with E-state index < -0.39 is 0 Å². The van der Waals surface area contributed by atoms with E-state index in [0.29, 0.717) is 35.6 Å². The molecule has 1 aliphatic rings. The first kappa shape index (κ1) is 17.9. The Morgan fingerprint density at radius 3 is 2.64 bits per heavy atom. The van der Waals surface area contributed by atoms with Crippen LogP contribution in [0.4, 0.5) is 0 Å². The molecule has 1 heterocycles. The molecule has 1 saturated carbocycles. The SMILES string of the molecule is O=C(CCc1nc(-c2ccccc2Cl)no1)NC1CCCCCCC1. The second kappa shape index (κ2) is 8.99. The van der Waals surface area contributed by atoms with E-state index in [-0.39, 0.29) is 5.91 Å². The summed E-state index contributed by atoms with van der Waals surface area (Å²) in [6.45, 7) is 0. The summed E-state index contributed by atoms with van der Waals surface area (Å²) in [5.41, 5.74) is 0.734. The van der Waals surface area contributed by atoms with Crippen molar-refractivity contribution < 1.29 is 9.32 Å². The molecule has 0 atom stereocenters. The zero-order valence-electron chi connectivity index (χ0n) is 14.3. The fraction of sp³-hybridized carbons (Fsp3) is 0.526. The zero-order chi connectivity index (χ0) is 17.5. The highest BCUT2D eigenvalue weighted by atomic mass is 35.5. The van der Waals surface area contributed by atoms with E-state index in [1.807, 2.05) is 18.2 Å². The van der Waals surface area contributed by atoms with E-state index in [1.165, 1.54) is 32.1 Å². The zero-order valence-corrected chi connectivity index (χ0v) is 15.1. The number of hydrogen-bond acceptors (Lipinski definition) is 4. The van der Waals surface area contributed by atoms with Gasteiger partial charge in [0.2, 0.25) is 17.6 Å². The van der Waals surface area contributed by atoms with E-state index in [4.69, 9.17) is 16.1 Å².